The molecule has 0 aromatic heterocycles. The third-order valence-electron chi connectivity index (χ3n) is 2.16. The van der Waals surface area contributed by atoms with Crippen LogP contribution in [0.25, 0.3) is 0 Å². The zero-order valence-corrected chi connectivity index (χ0v) is 7.16. The second-order valence-electron chi connectivity index (χ2n) is 2.98. The minimum atomic E-state index is 0.618. The molecule has 0 fully saturated rings. The Labute approximate surface area is 69.3 Å². The van der Waals surface area contributed by atoms with Crippen molar-refractivity contribution >= 4 is 0 Å². The van der Waals surface area contributed by atoms with E-state index in [0.717, 1.165) is 6.42 Å². The quantitative estimate of drug-likeness (QED) is 0.538. The summed E-state index contributed by atoms with van der Waals surface area (Å²) in [7, 11) is 0. The highest BCUT2D eigenvalue weighted by atomic mass is 14.2. The molecule has 0 aromatic carbocycles. The van der Waals surface area contributed by atoms with Crippen molar-refractivity contribution in [2.75, 3.05) is 0 Å². The van der Waals surface area contributed by atoms with E-state index >= 15 is 0 Å². The smallest absolute Gasteiger partial charge is 0.00122 e. The normalized spacial score (nSPS) is 29.9. The third kappa shape index (κ3) is 2.07. The van der Waals surface area contributed by atoms with E-state index in [1.54, 1.807) is 0 Å². The van der Waals surface area contributed by atoms with Gasteiger partial charge in [-0.1, -0.05) is 37.3 Å². The van der Waals surface area contributed by atoms with Crippen LogP contribution in [-0.2, 0) is 0 Å². The summed E-state index contributed by atoms with van der Waals surface area (Å²) in [5, 5.41) is 0. The molecule has 0 amide bonds. The number of rotatable bonds is 3. The summed E-state index contributed by atoms with van der Waals surface area (Å²) in [5.74, 6) is 1.27. The average Bonchev–Trinajstić information content (AvgIpc) is 2.47. The molecule has 0 saturated heterocycles. The van der Waals surface area contributed by atoms with Crippen molar-refractivity contribution in [1.82, 2.24) is 0 Å². The maximum absolute atomic E-state index is 3.83. The summed E-state index contributed by atoms with van der Waals surface area (Å²) >= 11 is 0. The predicted molar refractivity (Wildman–Crippen MR) is 50.4 cm³/mol. The Balaban J connectivity index is 2.49. The van der Waals surface area contributed by atoms with Crippen LogP contribution in [0.5, 0.6) is 0 Å². The minimum absolute atomic E-state index is 0.618. The lowest BCUT2D eigenvalue weighted by Crippen LogP contribution is -2.00. The molecule has 1 aliphatic rings. The molecule has 0 bridgehead atoms. The van der Waals surface area contributed by atoms with Crippen LogP contribution in [0.15, 0.2) is 37.0 Å². The summed E-state index contributed by atoms with van der Waals surface area (Å²) in [6, 6.07) is 0. The molecule has 11 heavy (non-hydrogen) atoms. The van der Waals surface area contributed by atoms with Crippen molar-refractivity contribution in [3.8, 4) is 0 Å². The van der Waals surface area contributed by atoms with E-state index in [0.29, 0.717) is 11.8 Å². The van der Waals surface area contributed by atoms with Crippen molar-refractivity contribution in [2.45, 2.75) is 19.8 Å². The summed E-state index contributed by atoms with van der Waals surface area (Å²) < 4.78 is 0. The van der Waals surface area contributed by atoms with E-state index in [4.69, 9.17) is 0 Å². The molecule has 0 aromatic rings. The highest BCUT2D eigenvalue weighted by Gasteiger charge is 2.15. The van der Waals surface area contributed by atoms with Gasteiger partial charge in [0.2, 0.25) is 0 Å². The third-order valence-corrected chi connectivity index (χ3v) is 2.16. The Morgan fingerprint density at radius 3 is 3.09 bits per heavy atom. The molecule has 2 atom stereocenters. The van der Waals surface area contributed by atoms with Gasteiger partial charge in [-0.3, -0.25) is 0 Å². The van der Waals surface area contributed by atoms with Gasteiger partial charge in [-0.05, 0) is 18.8 Å². The minimum Gasteiger partial charge on any atom is -0.103 e. The van der Waals surface area contributed by atoms with E-state index in [-0.39, 0.29) is 0 Å². The standard InChI is InChI=1S/C11H16/c1-3-5-7-11-9-6-8-10(11)4-2/h4-7,9-11H,2-3,8H2,1H3/t10-,11+/m0/s1. The Morgan fingerprint density at radius 2 is 2.45 bits per heavy atom. The van der Waals surface area contributed by atoms with E-state index in [1.165, 1.54) is 6.42 Å². The fourth-order valence-electron chi connectivity index (χ4n) is 1.45. The van der Waals surface area contributed by atoms with Crippen molar-refractivity contribution in [3.05, 3.63) is 37.0 Å². The van der Waals surface area contributed by atoms with Crippen LogP contribution in [0.4, 0.5) is 0 Å². The lowest BCUT2D eigenvalue weighted by atomic mass is 9.95. The number of hydrogen-bond acceptors (Lipinski definition) is 0. The summed E-state index contributed by atoms with van der Waals surface area (Å²) in [6.45, 7) is 5.99. The van der Waals surface area contributed by atoms with Gasteiger partial charge < -0.3 is 0 Å². The molecule has 0 unspecified atom stereocenters. The molecule has 0 heterocycles. The summed E-state index contributed by atoms with van der Waals surface area (Å²) in [4.78, 5) is 0. The SMILES string of the molecule is C=C[C@H]1CC=C[C@H]1C=CCC. The van der Waals surface area contributed by atoms with Crippen LogP contribution in [0.1, 0.15) is 19.8 Å². The largest absolute Gasteiger partial charge is 0.103 e. The Bertz CT molecular complexity index is 174. The molecule has 1 aliphatic carbocycles. The van der Waals surface area contributed by atoms with E-state index < -0.39 is 0 Å². The van der Waals surface area contributed by atoms with Crippen molar-refractivity contribution in [1.29, 1.82) is 0 Å². The molecule has 0 spiro atoms. The molecule has 0 nitrogen and oxygen atoms in total. The van der Waals surface area contributed by atoms with Crippen LogP contribution in [0.2, 0.25) is 0 Å². The number of allylic oxidation sites excluding steroid dienone is 5. The first-order chi connectivity index (χ1) is 5.38. The molecule has 60 valence electrons. The van der Waals surface area contributed by atoms with Gasteiger partial charge in [-0.25, -0.2) is 0 Å². The fourth-order valence-corrected chi connectivity index (χ4v) is 1.45. The van der Waals surface area contributed by atoms with E-state index in [2.05, 4.69) is 43.9 Å². The maximum Gasteiger partial charge on any atom is 0.00122 e. The van der Waals surface area contributed by atoms with Crippen molar-refractivity contribution in [2.24, 2.45) is 11.8 Å². The average molecular weight is 148 g/mol. The Morgan fingerprint density at radius 1 is 1.64 bits per heavy atom. The molecule has 0 N–H and O–H groups in total. The fraction of sp³-hybridized carbons (Fsp3) is 0.455. The van der Waals surface area contributed by atoms with Gasteiger partial charge in [0, 0.05) is 5.92 Å². The van der Waals surface area contributed by atoms with Crippen LogP contribution in [0.3, 0.4) is 0 Å². The van der Waals surface area contributed by atoms with Crippen LogP contribution in [-0.4, -0.2) is 0 Å². The molecular formula is C11H16. The van der Waals surface area contributed by atoms with Crippen molar-refractivity contribution in [3.63, 3.8) is 0 Å². The monoisotopic (exact) mass is 148 g/mol. The molecule has 0 heteroatoms. The topological polar surface area (TPSA) is 0 Å². The molecule has 0 aliphatic heterocycles. The lowest BCUT2D eigenvalue weighted by Gasteiger charge is -2.09. The molecule has 0 saturated carbocycles. The summed E-state index contributed by atoms with van der Waals surface area (Å²) in [5.41, 5.74) is 0. The van der Waals surface area contributed by atoms with Gasteiger partial charge in [-0.15, -0.1) is 6.58 Å². The van der Waals surface area contributed by atoms with Crippen LogP contribution >= 0.6 is 0 Å². The van der Waals surface area contributed by atoms with Gasteiger partial charge in [0.05, 0.1) is 0 Å². The second kappa shape index (κ2) is 4.17. The first kappa shape index (κ1) is 8.32. The van der Waals surface area contributed by atoms with Crippen LogP contribution in [0, 0.1) is 11.8 Å². The zero-order valence-electron chi connectivity index (χ0n) is 7.16. The maximum atomic E-state index is 3.83. The van der Waals surface area contributed by atoms with Gasteiger partial charge in [-0.2, -0.15) is 0 Å². The van der Waals surface area contributed by atoms with Gasteiger partial charge in [0.1, 0.15) is 0 Å². The highest BCUT2D eigenvalue weighted by molar-refractivity contribution is 5.13. The number of hydrogen-bond donors (Lipinski definition) is 0. The first-order valence-corrected chi connectivity index (χ1v) is 4.34. The van der Waals surface area contributed by atoms with Crippen LogP contribution < -0.4 is 0 Å². The Hall–Kier alpha value is -0.780. The highest BCUT2D eigenvalue weighted by Crippen LogP contribution is 2.26. The first-order valence-electron chi connectivity index (χ1n) is 4.34. The Kier molecular flexibility index (Phi) is 3.15. The predicted octanol–water partition coefficient (Wildman–Crippen LogP) is 3.33. The second-order valence-corrected chi connectivity index (χ2v) is 2.98. The molecule has 0 radical (unpaired) electrons. The summed E-state index contributed by atoms with van der Waals surface area (Å²) in [6.07, 6.45) is 13.4. The van der Waals surface area contributed by atoms with Gasteiger partial charge in [0.15, 0.2) is 0 Å². The zero-order chi connectivity index (χ0) is 8.10. The molecular weight excluding hydrogens is 132 g/mol. The van der Waals surface area contributed by atoms with E-state index in [9.17, 15) is 0 Å². The van der Waals surface area contributed by atoms with Gasteiger partial charge >= 0.3 is 0 Å². The lowest BCUT2D eigenvalue weighted by molar-refractivity contribution is 0.603. The van der Waals surface area contributed by atoms with E-state index in [1.807, 2.05) is 0 Å². The van der Waals surface area contributed by atoms with Crippen molar-refractivity contribution < 1.29 is 0 Å². The molecule has 1 rings (SSSR count). The van der Waals surface area contributed by atoms with Gasteiger partial charge in [0.25, 0.3) is 0 Å².